The van der Waals surface area contributed by atoms with E-state index in [2.05, 4.69) is 100.0 Å². The minimum atomic E-state index is -0.303. The Kier molecular flexibility index (Phi) is 4.89. The van der Waals surface area contributed by atoms with Gasteiger partial charge in [0.25, 0.3) is 0 Å². The maximum absolute atomic E-state index is 13.5. The Balaban J connectivity index is 1.81. The lowest BCUT2D eigenvalue weighted by Gasteiger charge is -2.66. The van der Waals surface area contributed by atoms with Gasteiger partial charge >= 0.3 is 0 Å². The number of carbonyl (C=O) groups excluding carboxylic acids is 1. The molecular weight excluding hydrogens is 512 g/mol. The van der Waals surface area contributed by atoms with E-state index in [1.54, 1.807) is 0 Å². The van der Waals surface area contributed by atoms with Gasteiger partial charge in [0.2, 0.25) is 5.91 Å². The number of rotatable bonds is 3. The van der Waals surface area contributed by atoms with Crippen molar-refractivity contribution < 1.29 is 10.1 Å². The van der Waals surface area contributed by atoms with Crippen molar-refractivity contribution in [2.75, 3.05) is 0 Å². The van der Waals surface area contributed by atoms with Crippen LogP contribution in [-0.4, -0.2) is 31.6 Å². The lowest BCUT2D eigenvalue weighted by atomic mass is 9.43. The first-order valence-corrected chi connectivity index (χ1v) is 12.1. The van der Waals surface area contributed by atoms with Crippen molar-refractivity contribution in [3.8, 4) is 0 Å². The van der Waals surface area contributed by atoms with E-state index >= 15 is 0 Å². The van der Waals surface area contributed by atoms with Gasteiger partial charge in [0, 0.05) is 29.1 Å². The number of alkyl halides is 3. The maximum Gasteiger partial charge on any atom is 0.228 e. The number of hydrogen-bond donors (Lipinski definition) is 2. The Hall–Kier alpha value is 0.870. The van der Waals surface area contributed by atoms with Crippen LogP contribution in [0.5, 0.6) is 0 Å². The van der Waals surface area contributed by atoms with E-state index < -0.39 is 0 Å². The van der Waals surface area contributed by atoms with Gasteiger partial charge in [-0.25, -0.2) is 0 Å². The number of amides is 1. The first-order chi connectivity index (χ1) is 11.2. The number of nitrogens with one attached hydrogen (secondary N) is 1. The molecule has 3 atom stereocenters. The quantitative estimate of drug-likeness (QED) is 0.518. The van der Waals surface area contributed by atoms with E-state index in [-0.39, 0.29) is 47.8 Å². The summed E-state index contributed by atoms with van der Waals surface area (Å²) in [6, 6.07) is 0.256. The van der Waals surface area contributed by atoms with E-state index in [4.69, 9.17) is 0 Å². The Labute approximate surface area is 177 Å². The highest BCUT2D eigenvalue weighted by molar-refractivity contribution is 9.24. The fraction of sp³-hybridized carbons (Fsp3) is 0.947. The monoisotopic (exact) mass is 541 g/mol. The van der Waals surface area contributed by atoms with Crippen LogP contribution in [0.2, 0.25) is 0 Å². The summed E-state index contributed by atoms with van der Waals surface area (Å²) in [5.41, 5.74) is 0.0697. The van der Waals surface area contributed by atoms with Gasteiger partial charge < -0.3 is 10.6 Å². The molecule has 1 saturated heterocycles. The van der Waals surface area contributed by atoms with Crippen LogP contribution >= 0.6 is 47.8 Å². The average molecular weight is 544 g/mol. The molecule has 25 heavy (non-hydrogen) atoms. The Morgan fingerprint density at radius 1 is 1.04 bits per heavy atom. The molecule has 3 N–H and O–H groups in total. The Morgan fingerprint density at radius 3 is 1.96 bits per heavy atom. The number of nitrogens with two attached hydrogens (primary N) is 1. The van der Waals surface area contributed by atoms with Gasteiger partial charge in [-0.3, -0.25) is 4.79 Å². The molecular formula is C19H32Br3N2O+. The van der Waals surface area contributed by atoms with Crippen molar-refractivity contribution in [2.45, 2.75) is 92.9 Å². The number of hydrogen-bond acceptors (Lipinski definition) is 1. The van der Waals surface area contributed by atoms with Crippen LogP contribution in [-0.2, 0) is 4.79 Å². The number of fused-ring (bicyclic) bond motifs is 1. The van der Waals surface area contributed by atoms with Gasteiger partial charge in [-0.2, -0.15) is 0 Å². The van der Waals surface area contributed by atoms with E-state index in [0.29, 0.717) is 0 Å². The minimum Gasteiger partial charge on any atom is -0.352 e. The van der Waals surface area contributed by atoms with Crippen LogP contribution in [0.1, 0.15) is 67.2 Å². The van der Waals surface area contributed by atoms with Crippen molar-refractivity contribution in [3.63, 3.8) is 0 Å². The molecule has 6 heteroatoms. The predicted octanol–water partition coefficient (Wildman–Crippen LogP) is 4.07. The second-order valence-corrected chi connectivity index (χ2v) is 14.5. The summed E-state index contributed by atoms with van der Waals surface area (Å²) in [5.74, 6) is 0.256. The molecule has 0 radical (unpaired) electrons. The Bertz CT molecular complexity index is 573. The summed E-state index contributed by atoms with van der Waals surface area (Å²) in [5, 5.41) is 5.93. The van der Waals surface area contributed by atoms with Crippen molar-refractivity contribution in [1.82, 2.24) is 5.32 Å². The van der Waals surface area contributed by atoms with E-state index in [1.165, 1.54) is 0 Å². The summed E-state index contributed by atoms with van der Waals surface area (Å²) in [7, 11) is 0. The highest BCUT2D eigenvalue weighted by Gasteiger charge is 2.83. The van der Waals surface area contributed by atoms with Crippen LogP contribution in [0.3, 0.4) is 0 Å². The van der Waals surface area contributed by atoms with Gasteiger partial charge in [-0.1, -0.05) is 61.6 Å². The van der Waals surface area contributed by atoms with E-state index in [1.807, 2.05) is 0 Å². The number of quaternary nitrogens is 1. The van der Waals surface area contributed by atoms with Gasteiger partial charge in [0.1, 0.15) is 0 Å². The maximum atomic E-state index is 13.5. The highest BCUT2D eigenvalue weighted by Crippen LogP contribution is 2.82. The normalized spacial score (nSPS) is 41.4. The summed E-state index contributed by atoms with van der Waals surface area (Å²) in [6.07, 6.45) is 4.08. The number of halogens is 3. The fourth-order valence-electron chi connectivity index (χ4n) is 6.63. The highest BCUT2D eigenvalue weighted by atomic mass is 79.9. The zero-order chi connectivity index (χ0) is 19.1. The molecule has 0 aromatic carbocycles. The standard InChI is InChI=1S/C19H31Br3N2O/c1-15(2)9-11(10-16(3,4)24-15)23-14(25)19-8-7-18(12(19)20,13(21)22)17(19,5)6/h11-13,24H,7-10H2,1-6H3,(H,23,25)/p+1/t12-,18+,19-/m0/s1. The lowest BCUT2D eigenvalue weighted by molar-refractivity contribution is -0.788. The first-order valence-electron chi connectivity index (χ1n) is 9.32. The van der Waals surface area contributed by atoms with Crippen molar-refractivity contribution in [1.29, 1.82) is 0 Å². The first kappa shape index (κ1) is 20.6. The van der Waals surface area contributed by atoms with Gasteiger partial charge in [0.05, 0.1) is 20.2 Å². The third-order valence-electron chi connectivity index (χ3n) is 7.55. The summed E-state index contributed by atoms with van der Waals surface area (Å²) >= 11 is 11.5. The van der Waals surface area contributed by atoms with Crippen LogP contribution in [0.25, 0.3) is 0 Å². The number of carbonyl (C=O) groups is 1. The molecule has 0 aromatic heterocycles. The molecule has 4 fully saturated rings. The fourth-order valence-corrected chi connectivity index (χ4v) is 11.5. The lowest BCUT2D eigenvalue weighted by Crippen LogP contribution is -3.06. The SMILES string of the molecule is CC1(C)CC(NC(=O)[C@]23CC[C@](C(Br)Br)([C@@H]2Br)C3(C)C)CC(C)(C)[NH2+]1. The third-order valence-corrected chi connectivity index (χ3v) is 10.8. The Morgan fingerprint density at radius 2 is 1.56 bits per heavy atom. The second-order valence-electron chi connectivity index (χ2n) is 10.5. The molecule has 1 heterocycles. The number of piperidine rings is 1. The predicted molar refractivity (Wildman–Crippen MR) is 113 cm³/mol. The summed E-state index contributed by atoms with van der Waals surface area (Å²) in [4.78, 5) is 13.7. The molecule has 4 rings (SSSR count). The topological polar surface area (TPSA) is 45.7 Å². The molecule has 2 bridgehead atoms. The average Bonchev–Trinajstić information content (AvgIpc) is 2.84. The molecule has 4 aliphatic rings. The van der Waals surface area contributed by atoms with Crippen LogP contribution < -0.4 is 10.6 Å². The smallest absolute Gasteiger partial charge is 0.228 e. The second kappa shape index (κ2) is 5.93. The largest absolute Gasteiger partial charge is 0.352 e. The van der Waals surface area contributed by atoms with E-state index in [9.17, 15) is 4.79 Å². The molecule has 3 nitrogen and oxygen atoms in total. The van der Waals surface area contributed by atoms with Crippen molar-refractivity contribution in [2.24, 2.45) is 16.2 Å². The molecule has 0 unspecified atom stereocenters. The van der Waals surface area contributed by atoms with Gasteiger partial charge in [-0.15, -0.1) is 0 Å². The molecule has 0 spiro atoms. The van der Waals surface area contributed by atoms with Crippen LogP contribution in [0, 0.1) is 16.2 Å². The summed E-state index contributed by atoms with van der Waals surface area (Å²) < 4.78 is 0.220. The van der Waals surface area contributed by atoms with Crippen molar-refractivity contribution in [3.05, 3.63) is 0 Å². The van der Waals surface area contributed by atoms with Gasteiger partial charge in [0.15, 0.2) is 0 Å². The third kappa shape index (κ3) is 2.66. The molecule has 1 aliphatic heterocycles. The zero-order valence-corrected chi connectivity index (χ0v) is 20.9. The van der Waals surface area contributed by atoms with Crippen LogP contribution in [0.15, 0.2) is 0 Å². The molecule has 3 saturated carbocycles. The molecule has 3 aliphatic carbocycles. The van der Waals surface area contributed by atoms with E-state index in [0.717, 1.165) is 25.7 Å². The minimum absolute atomic E-state index is 0.0399. The molecule has 1 amide bonds. The molecule has 0 aromatic rings. The van der Waals surface area contributed by atoms with Gasteiger partial charge in [-0.05, 0) is 46.0 Å². The molecule has 144 valence electrons. The summed E-state index contributed by atoms with van der Waals surface area (Å²) in [6.45, 7) is 13.7. The zero-order valence-electron chi connectivity index (χ0n) is 16.2. The van der Waals surface area contributed by atoms with Crippen LogP contribution in [0.4, 0.5) is 0 Å². The van der Waals surface area contributed by atoms with Crippen molar-refractivity contribution >= 4 is 53.7 Å².